The molecule has 1 unspecified atom stereocenters. The van der Waals surface area contributed by atoms with Crippen LogP contribution in [0.1, 0.15) is 25.5 Å². The molecule has 0 spiro atoms. The Morgan fingerprint density at radius 3 is 2.36 bits per heavy atom. The lowest BCUT2D eigenvalue weighted by Crippen LogP contribution is -2.46. The molecule has 1 atom stereocenters. The second-order valence-electron chi connectivity index (χ2n) is 6.11. The zero-order chi connectivity index (χ0) is 16.1. The molecule has 1 aromatic carbocycles. The molecular weight excluding hydrogens is 280 g/mol. The minimum absolute atomic E-state index is 0.00844. The van der Waals surface area contributed by atoms with Crippen LogP contribution in [0.2, 0.25) is 0 Å². The summed E-state index contributed by atoms with van der Waals surface area (Å²) in [5.41, 5.74) is 1.07. The van der Waals surface area contributed by atoms with Crippen molar-refractivity contribution in [1.82, 2.24) is 9.80 Å². The number of benzene rings is 1. The summed E-state index contributed by atoms with van der Waals surface area (Å²) in [5, 5.41) is 9.87. The zero-order valence-corrected chi connectivity index (χ0v) is 14.1. The van der Waals surface area contributed by atoms with Gasteiger partial charge in [-0.1, -0.05) is 6.07 Å². The van der Waals surface area contributed by atoms with Crippen LogP contribution >= 0.6 is 0 Å². The van der Waals surface area contributed by atoms with Gasteiger partial charge in [0.05, 0.1) is 25.9 Å². The highest BCUT2D eigenvalue weighted by molar-refractivity contribution is 5.44. The number of hydrogen-bond acceptors (Lipinski definition) is 5. The van der Waals surface area contributed by atoms with E-state index in [4.69, 9.17) is 9.47 Å². The average molecular weight is 308 g/mol. The van der Waals surface area contributed by atoms with E-state index < -0.39 is 0 Å². The maximum absolute atomic E-state index is 9.87. The van der Waals surface area contributed by atoms with Gasteiger partial charge < -0.3 is 19.5 Å². The maximum atomic E-state index is 9.87. The van der Waals surface area contributed by atoms with Gasteiger partial charge in [0.1, 0.15) is 0 Å². The van der Waals surface area contributed by atoms with Crippen molar-refractivity contribution in [3.8, 4) is 11.5 Å². The van der Waals surface area contributed by atoms with Gasteiger partial charge >= 0.3 is 0 Å². The Balaban J connectivity index is 2.21. The molecule has 1 aromatic rings. The van der Waals surface area contributed by atoms with Gasteiger partial charge in [-0.15, -0.1) is 0 Å². The van der Waals surface area contributed by atoms with Crippen molar-refractivity contribution in [3.63, 3.8) is 0 Å². The number of methoxy groups -OCH3 is 1. The van der Waals surface area contributed by atoms with E-state index in [0.29, 0.717) is 0 Å². The van der Waals surface area contributed by atoms with E-state index in [1.54, 1.807) is 7.11 Å². The first-order valence-corrected chi connectivity index (χ1v) is 7.93. The van der Waals surface area contributed by atoms with Crippen LogP contribution in [0.3, 0.4) is 0 Å². The van der Waals surface area contributed by atoms with E-state index in [2.05, 4.69) is 16.8 Å². The molecule has 0 radical (unpaired) electrons. The minimum Gasteiger partial charge on any atom is -0.493 e. The van der Waals surface area contributed by atoms with Crippen molar-refractivity contribution in [2.45, 2.75) is 26.0 Å². The molecule has 5 heteroatoms. The molecule has 0 aliphatic carbocycles. The standard InChI is InChI=1S/C17H28N2O3/c1-13(2)22-17-11-14(5-6-16(17)21-4)15(12-20)19-9-7-18(3)8-10-19/h5-6,11,13,15,20H,7-10,12H2,1-4H3. The maximum Gasteiger partial charge on any atom is 0.161 e. The monoisotopic (exact) mass is 308 g/mol. The topological polar surface area (TPSA) is 45.2 Å². The second-order valence-corrected chi connectivity index (χ2v) is 6.11. The van der Waals surface area contributed by atoms with E-state index in [1.165, 1.54) is 0 Å². The summed E-state index contributed by atoms with van der Waals surface area (Å²) in [7, 11) is 3.78. The molecule has 0 amide bonds. The van der Waals surface area contributed by atoms with Crippen LogP contribution in [0.15, 0.2) is 18.2 Å². The summed E-state index contributed by atoms with van der Waals surface area (Å²) in [6.45, 7) is 8.09. The fourth-order valence-electron chi connectivity index (χ4n) is 2.81. The first-order chi connectivity index (χ1) is 10.5. The number of piperazine rings is 1. The summed E-state index contributed by atoms with van der Waals surface area (Å²) in [6.07, 6.45) is 0.0837. The summed E-state index contributed by atoms with van der Waals surface area (Å²) in [5.74, 6) is 1.47. The fourth-order valence-corrected chi connectivity index (χ4v) is 2.81. The number of ether oxygens (including phenoxy) is 2. The predicted octanol–water partition coefficient (Wildman–Crippen LogP) is 1.76. The zero-order valence-electron chi connectivity index (χ0n) is 14.1. The Kier molecular flexibility index (Phi) is 6.06. The molecule has 22 heavy (non-hydrogen) atoms. The number of aliphatic hydroxyl groups is 1. The van der Waals surface area contributed by atoms with Gasteiger partial charge in [0.25, 0.3) is 0 Å². The van der Waals surface area contributed by atoms with Crippen molar-refractivity contribution in [1.29, 1.82) is 0 Å². The molecule has 0 aromatic heterocycles. The third kappa shape index (κ3) is 4.12. The minimum atomic E-state index is 0.00844. The molecule has 1 aliphatic rings. The van der Waals surface area contributed by atoms with E-state index in [-0.39, 0.29) is 18.8 Å². The van der Waals surface area contributed by atoms with E-state index in [1.807, 2.05) is 32.0 Å². The van der Waals surface area contributed by atoms with Crippen molar-refractivity contribution in [3.05, 3.63) is 23.8 Å². The van der Waals surface area contributed by atoms with Crippen LogP contribution < -0.4 is 9.47 Å². The summed E-state index contributed by atoms with van der Waals surface area (Å²) >= 11 is 0. The lowest BCUT2D eigenvalue weighted by molar-refractivity contribution is 0.0745. The normalized spacial score (nSPS) is 18.5. The van der Waals surface area contributed by atoms with Crippen LogP contribution in [0.4, 0.5) is 0 Å². The van der Waals surface area contributed by atoms with E-state index in [0.717, 1.165) is 43.2 Å². The largest absolute Gasteiger partial charge is 0.493 e. The van der Waals surface area contributed by atoms with Crippen molar-refractivity contribution in [2.75, 3.05) is 46.9 Å². The first-order valence-electron chi connectivity index (χ1n) is 7.93. The Bertz CT molecular complexity index is 471. The molecule has 1 N–H and O–H groups in total. The molecular formula is C17H28N2O3. The Morgan fingerprint density at radius 1 is 1.14 bits per heavy atom. The highest BCUT2D eigenvalue weighted by Crippen LogP contribution is 2.33. The summed E-state index contributed by atoms with van der Waals surface area (Å²) < 4.78 is 11.2. The summed E-state index contributed by atoms with van der Waals surface area (Å²) in [4.78, 5) is 4.65. The lowest BCUT2D eigenvalue weighted by atomic mass is 10.0. The van der Waals surface area contributed by atoms with Gasteiger partial charge in [0, 0.05) is 26.2 Å². The third-order valence-electron chi connectivity index (χ3n) is 4.09. The van der Waals surface area contributed by atoms with E-state index >= 15 is 0 Å². The van der Waals surface area contributed by atoms with Crippen molar-refractivity contribution < 1.29 is 14.6 Å². The van der Waals surface area contributed by atoms with Crippen LogP contribution in [0.5, 0.6) is 11.5 Å². The molecule has 0 saturated carbocycles. The highest BCUT2D eigenvalue weighted by Gasteiger charge is 2.24. The summed E-state index contributed by atoms with van der Waals surface area (Å²) in [6, 6.07) is 5.95. The van der Waals surface area contributed by atoms with Crippen LogP contribution in [-0.4, -0.2) is 68.0 Å². The van der Waals surface area contributed by atoms with Crippen molar-refractivity contribution >= 4 is 0 Å². The van der Waals surface area contributed by atoms with Gasteiger partial charge in [-0.25, -0.2) is 0 Å². The Hall–Kier alpha value is -1.30. The molecule has 1 saturated heterocycles. The number of aliphatic hydroxyl groups excluding tert-OH is 1. The van der Waals surface area contributed by atoms with Gasteiger partial charge in [-0.05, 0) is 38.6 Å². The molecule has 124 valence electrons. The number of hydrogen-bond donors (Lipinski definition) is 1. The molecule has 1 heterocycles. The molecule has 2 rings (SSSR count). The number of rotatable bonds is 6. The first kappa shape index (κ1) is 17.1. The number of likely N-dealkylation sites (N-methyl/N-ethyl adjacent to an activating group) is 1. The lowest BCUT2D eigenvalue weighted by Gasteiger charge is -2.37. The third-order valence-corrected chi connectivity index (χ3v) is 4.09. The van der Waals surface area contributed by atoms with Gasteiger partial charge in [0.15, 0.2) is 11.5 Å². The van der Waals surface area contributed by atoms with Gasteiger partial charge in [0.2, 0.25) is 0 Å². The Labute approximate surface area is 133 Å². The van der Waals surface area contributed by atoms with Crippen molar-refractivity contribution in [2.24, 2.45) is 0 Å². The molecule has 1 fully saturated rings. The smallest absolute Gasteiger partial charge is 0.161 e. The molecule has 5 nitrogen and oxygen atoms in total. The van der Waals surface area contributed by atoms with E-state index in [9.17, 15) is 5.11 Å². The van der Waals surface area contributed by atoms with Gasteiger partial charge in [-0.3, -0.25) is 4.90 Å². The second kappa shape index (κ2) is 7.81. The quantitative estimate of drug-likeness (QED) is 0.868. The van der Waals surface area contributed by atoms with Crippen LogP contribution in [0, 0.1) is 0 Å². The highest BCUT2D eigenvalue weighted by atomic mass is 16.5. The molecule has 1 aliphatic heterocycles. The molecule has 0 bridgehead atoms. The van der Waals surface area contributed by atoms with Crippen LogP contribution in [0.25, 0.3) is 0 Å². The average Bonchev–Trinajstić information content (AvgIpc) is 2.49. The Morgan fingerprint density at radius 2 is 1.82 bits per heavy atom. The number of nitrogens with zero attached hydrogens (tertiary/aromatic N) is 2. The predicted molar refractivity (Wildman–Crippen MR) is 87.7 cm³/mol. The van der Waals surface area contributed by atoms with Crippen LogP contribution in [-0.2, 0) is 0 Å². The van der Waals surface area contributed by atoms with Gasteiger partial charge in [-0.2, -0.15) is 0 Å². The SMILES string of the molecule is COc1ccc(C(CO)N2CCN(C)CC2)cc1OC(C)C. The fraction of sp³-hybridized carbons (Fsp3) is 0.647.